The molecule has 0 radical (unpaired) electrons. The van der Waals surface area contributed by atoms with Crippen molar-refractivity contribution in [1.82, 2.24) is 15.2 Å². The SMILES string of the molecule is CCOC(=O)C1=C(C)N=C2SC=C(CC(=O)NCc3ccncc3)N2[C@@H]1c1cccc(OCc2ccccc2)c1. The molecule has 2 aliphatic heterocycles. The van der Waals surface area contributed by atoms with E-state index in [9.17, 15) is 9.59 Å². The summed E-state index contributed by atoms with van der Waals surface area (Å²) >= 11 is 1.44. The number of carbonyl (C=O) groups excluding carboxylic acids is 2. The maximum Gasteiger partial charge on any atom is 0.338 e. The van der Waals surface area contributed by atoms with E-state index in [0.29, 0.717) is 35.3 Å². The zero-order valence-corrected chi connectivity index (χ0v) is 23.2. The number of fused-ring (bicyclic) bond motifs is 1. The van der Waals surface area contributed by atoms with Gasteiger partial charge in [-0.2, -0.15) is 0 Å². The van der Waals surface area contributed by atoms with Crippen LogP contribution in [0.25, 0.3) is 0 Å². The van der Waals surface area contributed by atoms with Crippen LogP contribution >= 0.6 is 11.8 Å². The van der Waals surface area contributed by atoms with E-state index in [1.54, 1.807) is 19.3 Å². The molecule has 1 atom stereocenters. The summed E-state index contributed by atoms with van der Waals surface area (Å²) in [5.41, 5.74) is 4.65. The van der Waals surface area contributed by atoms with E-state index < -0.39 is 12.0 Å². The van der Waals surface area contributed by atoms with Gasteiger partial charge in [0.25, 0.3) is 0 Å². The predicted octanol–water partition coefficient (Wildman–Crippen LogP) is 5.51. The van der Waals surface area contributed by atoms with Crippen molar-refractivity contribution < 1.29 is 19.1 Å². The number of ether oxygens (including phenoxy) is 2. The van der Waals surface area contributed by atoms with Crippen molar-refractivity contribution in [2.24, 2.45) is 4.99 Å². The van der Waals surface area contributed by atoms with Crippen molar-refractivity contribution in [1.29, 1.82) is 0 Å². The number of pyridine rings is 1. The number of carbonyl (C=O) groups is 2. The van der Waals surface area contributed by atoms with E-state index in [1.807, 2.05) is 84.0 Å². The van der Waals surface area contributed by atoms with Gasteiger partial charge in [0.15, 0.2) is 5.17 Å². The van der Waals surface area contributed by atoms with Crippen LogP contribution in [0.4, 0.5) is 0 Å². The first kappa shape index (κ1) is 27.2. The van der Waals surface area contributed by atoms with Crippen LogP contribution in [-0.4, -0.2) is 33.5 Å². The van der Waals surface area contributed by atoms with Gasteiger partial charge >= 0.3 is 5.97 Å². The van der Waals surface area contributed by atoms with Gasteiger partial charge in [0, 0.05) is 24.6 Å². The smallest absolute Gasteiger partial charge is 0.338 e. The van der Waals surface area contributed by atoms with Crippen molar-refractivity contribution in [3.05, 3.63) is 118 Å². The molecule has 0 spiro atoms. The molecule has 1 aromatic heterocycles. The molecule has 0 fully saturated rings. The number of rotatable bonds is 10. The summed E-state index contributed by atoms with van der Waals surface area (Å²) in [7, 11) is 0. The number of nitrogens with one attached hydrogen (secondary N) is 1. The van der Waals surface area contributed by atoms with Crippen LogP contribution in [0.15, 0.2) is 106 Å². The minimum atomic E-state index is -0.527. The molecule has 8 nitrogen and oxygen atoms in total. The Bertz CT molecular complexity index is 1470. The average molecular weight is 555 g/mol. The summed E-state index contributed by atoms with van der Waals surface area (Å²) in [5, 5.41) is 5.61. The normalized spacial score (nSPS) is 16.1. The third-order valence-electron chi connectivity index (χ3n) is 6.50. The predicted molar refractivity (Wildman–Crippen MR) is 155 cm³/mol. The van der Waals surface area contributed by atoms with Crippen molar-refractivity contribution in [3.8, 4) is 5.75 Å². The Balaban J connectivity index is 1.41. The molecule has 0 aliphatic carbocycles. The highest BCUT2D eigenvalue weighted by Gasteiger charge is 2.41. The molecule has 204 valence electrons. The van der Waals surface area contributed by atoms with Crippen molar-refractivity contribution in [3.63, 3.8) is 0 Å². The van der Waals surface area contributed by atoms with Crippen LogP contribution in [0.2, 0.25) is 0 Å². The van der Waals surface area contributed by atoms with E-state index in [1.165, 1.54) is 11.8 Å². The molecule has 1 N–H and O–H groups in total. The maximum absolute atomic E-state index is 13.2. The largest absolute Gasteiger partial charge is 0.489 e. The zero-order chi connectivity index (χ0) is 27.9. The highest BCUT2D eigenvalue weighted by atomic mass is 32.2. The molecule has 2 aromatic carbocycles. The number of nitrogens with zero attached hydrogens (tertiary/aromatic N) is 3. The fourth-order valence-electron chi connectivity index (χ4n) is 4.60. The van der Waals surface area contributed by atoms with Gasteiger partial charge in [-0.05, 0) is 60.2 Å². The first-order valence-corrected chi connectivity index (χ1v) is 13.9. The quantitative estimate of drug-likeness (QED) is 0.331. The van der Waals surface area contributed by atoms with Crippen LogP contribution in [0.5, 0.6) is 5.75 Å². The van der Waals surface area contributed by atoms with Gasteiger partial charge in [0.2, 0.25) is 5.91 Å². The Kier molecular flexibility index (Phi) is 8.61. The first-order chi connectivity index (χ1) is 19.5. The monoisotopic (exact) mass is 554 g/mol. The molecule has 3 aromatic rings. The summed E-state index contributed by atoms with van der Waals surface area (Å²) in [4.78, 5) is 36.9. The molecule has 0 saturated carbocycles. The summed E-state index contributed by atoms with van der Waals surface area (Å²) in [6.07, 6.45) is 3.52. The minimum Gasteiger partial charge on any atom is -0.489 e. The van der Waals surface area contributed by atoms with E-state index in [4.69, 9.17) is 14.5 Å². The summed E-state index contributed by atoms with van der Waals surface area (Å²) in [6, 6.07) is 20.8. The van der Waals surface area contributed by atoms with E-state index in [0.717, 1.165) is 22.4 Å². The number of amidine groups is 1. The summed E-state index contributed by atoms with van der Waals surface area (Å²) in [5.74, 6) is 0.119. The van der Waals surface area contributed by atoms with Gasteiger partial charge in [-0.1, -0.05) is 54.2 Å². The highest BCUT2D eigenvalue weighted by Crippen LogP contribution is 2.45. The van der Waals surface area contributed by atoms with Crippen molar-refractivity contribution in [2.75, 3.05) is 6.61 Å². The van der Waals surface area contributed by atoms with Gasteiger partial charge in [-0.15, -0.1) is 0 Å². The highest BCUT2D eigenvalue weighted by molar-refractivity contribution is 8.16. The lowest BCUT2D eigenvalue weighted by Crippen LogP contribution is -2.38. The topological polar surface area (TPSA) is 93.1 Å². The summed E-state index contributed by atoms with van der Waals surface area (Å²) < 4.78 is 11.6. The van der Waals surface area contributed by atoms with Crippen LogP contribution in [0.3, 0.4) is 0 Å². The number of thioether (sulfide) groups is 1. The number of amides is 1. The Hall–Kier alpha value is -4.37. The molecule has 0 saturated heterocycles. The number of esters is 1. The third-order valence-corrected chi connectivity index (χ3v) is 7.39. The number of allylic oxidation sites excluding steroid dienone is 1. The fraction of sp³-hybridized carbons (Fsp3) is 0.226. The lowest BCUT2D eigenvalue weighted by atomic mass is 9.93. The van der Waals surface area contributed by atoms with Crippen LogP contribution in [0, 0.1) is 0 Å². The van der Waals surface area contributed by atoms with Gasteiger partial charge in [0.1, 0.15) is 12.4 Å². The van der Waals surface area contributed by atoms with Crippen LogP contribution in [-0.2, 0) is 27.5 Å². The van der Waals surface area contributed by atoms with Crippen molar-refractivity contribution in [2.45, 2.75) is 39.5 Å². The maximum atomic E-state index is 13.2. The lowest BCUT2D eigenvalue weighted by molar-refractivity contribution is -0.139. The second kappa shape index (κ2) is 12.7. The number of hydrogen-bond acceptors (Lipinski definition) is 8. The molecule has 9 heteroatoms. The Morgan fingerprint density at radius 2 is 1.82 bits per heavy atom. The molecule has 0 bridgehead atoms. The molecule has 5 rings (SSSR count). The first-order valence-electron chi connectivity index (χ1n) is 13.1. The lowest BCUT2D eigenvalue weighted by Gasteiger charge is -2.36. The van der Waals surface area contributed by atoms with Crippen LogP contribution < -0.4 is 10.1 Å². The fourth-order valence-corrected chi connectivity index (χ4v) is 5.56. The molecular weight excluding hydrogens is 524 g/mol. The van der Waals surface area contributed by atoms with E-state index in [2.05, 4.69) is 10.3 Å². The molecule has 0 unspecified atom stereocenters. The number of hydrogen-bond donors (Lipinski definition) is 1. The Labute approximate surface area is 237 Å². The minimum absolute atomic E-state index is 0.132. The number of benzene rings is 2. The standard InChI is InChI=1S/C31H30N4O4S/c1-3-38-30(37)28-21(2)34-31-35(25(20-40-31)17-27(36)33-18-22-12-14-32-15-13-22)29(28)24-10-7-11-26(16-24)39-19-23-8-5-4-6-9-23/h4-16,20,29H,3,17-19H2,1-2H3,(H,33,36)/t29-/m1/s1. The summed E-state index contributed by atoms with van der Waals surface area (Å²) in [6.45, 7) is 4.67. The number of aromatic nitrogens is 1. The van der Waals surface area contributed by atoms with Gasteiger partial charge < -0.3 is 19.7 Å². The molecular formula is C31H30N4O4S. The van der Waals surface area contributed by atoms with Gasteiger partial charge in [-0.25, -0.2) is 9.79 Å². The van der Waals surface area contributed by atoms with E-state index in [-0.39, 0.29) is 18.9 Å². The average Bonchev–Trinajstić information content (AvgIpc) is 3.37. The zero-order valence-electron chi connectivity index (χ0n) is 22.4. The van der Waals surface area contributed by atoms with Crippen molar-refractivity contribution >= 4 is 28.8 Å². The molecule has 1 amide bonds. The second-order valence-electron chi connectivity index (χ2n) is 9.27. The van der Waals surface area contributed by atoms with Gasteiger partial charge in [0.05, 0.1) is 30.3 Å². The van der Waals surface area contributed by atoms with Crippen LogP contribution in [0.1, 0.15) is 43.0 Å². The Morgan fingerprint density at radius 1 is 1.02 bits per heavy atom. The Morgan fingerprint density at radius 3 is 2.60 bits per heavy atom. The van der Waals surface area contributed by atoms with E-state index >= 15 is 0 Å². The molecule has 40 heavy (non-hydrogen) atoms. The molecule has 2 aliphatic rings. The number of aliphatic imine (C=N–C) groups is 1. The molecule has 3 heterocycles. The third kappa shape index (κ3) is 6.26. The second-order valence-corrected chi connectivity index (χ2v) is 10.1. The van der Waals surface area contributed by atoms with Gasteiger partial charge in [-0.3, -0.25) is 9.78 Å².